The van der Waals surface area contributed by atoms with Crippen LogP contribution in [0.4, 0.5) is 0 Å². The Labute approximate surface area is 191 Å². The Morgan fingerprint density at radius 3 is 2.62 bits per heavy atom. The van der Waals surface area contributed by atoms with Crippen LogP contribution in [0, 0.1) is 6.92 Å². The highest BCUT2D eigenvalue weighted by molar-refractivity contribution is 6.30. The molecular weight excluding hydrogens is 422 g/mol. The third-order valence-electron chi connectivity index (χ3n) is 5.92. The van der Waals surface area contributed by atoms with Gasteiger partial charge in [-0.2, -0.15) is 5.10 Å². The fraction of sp³-hybridized carbons (Fsp3) is 0.154. The van der Waals surface area contributed by atoms with Gasteiger partial charge in [0.1, 0.15) is 17.1 Å². The zero-order valence-corrected chi connectivity index (χ0v) is 18.3. The maximum atomic E-state index is 13.4. The third kappa shape index (κ3) is 3.55. The lowest BCUT2D eigenvalue weighted by Crippen LogP contribution is -2.31. The van der Waals surface area contributed by atoms with Gasteiger partial charge >= 0.3 is 0 Å². The topological polar surface area (TPSA) is 69.2 Å². The van der Waals surface area contributed by atoms with Crippen LogP contribution in [0.3, 0.4) is 0 Å². The molecule has 6 heteroatoms. The van der Waals surface area contributed by atoms with Crippen LogP contribution in [0.25, 0.3) is 11.3 Å². The van der Waals surface area contributed by atoms with E-state index in [4.69, 9.17) is 11.6 Å². The van der Waals surface area contributed by atoms with Crippen molar-refractivity contribution in [2.75, 3.05) is 6.54 Å². The van der Waals surface area contributed by atoms with Crippen LogP contribution >= 0.6 is 11.6 Å². The molecule has 4 aromatic rings. The molecule has 32 heavy (non-hydrogen) atoms. The number of carbonyl (C=O) groups is 1. The summed E-state index contributed by atoms with van der Waals surface area (Å²) < 4.78 is 0. The summed E-state index contributed by atoms with van der Waals surface area (Å²) in [6.07, 6.45) is 0.729. The van der Waals surface area contributed by atoms with Gasteiger partial charge in [0.2, 0.25) is 0 Å². The molecule has 0 saturated carbocycles. The standard InChI is InChI=1S/C26H22ClN3O2/c1-16-10-11-20(21(31)14-16)23-22-24(29-28-23)26(32)30(13-12-17-6-3-2-4-7-17)25(22)18-8-5-9-19(27)15-18/h2-11,14-15,25,31H,12-13H2,1H3,(H,28,29). The monoisotopic (exact) mass is 443 g/mol. The minimum atomic E-state index is -0.352. The van der Waals surface area contributed by atoms with Gasteiger partial charge in [0.05, 0.1) is 6.04 Å². The fourth-order valence-electron chi connectivity index (χ4n) is 4.39. The Kier molecular flexibility index (Phi) is 5.19. The van der Waals surface area contributed by atoms with Crippen molar-refractivity contribution >= 4 is 17.5 Å². The quantitative estimate of drug-likeness (QED) is 0.426. The predicted molar refractivity (Wildman–Crippen MR) is 125 cm³/mol. The molecule has 5 rings (SSSR count). The van der Waals surface area contributed by atoms with Crippen molar-refractivity contribution in [1.29, 1.82) is 0 Å². The van der Waals surface area contributed by atoms with Crippen LogP contribution in [0.1, 0.15) is 38.8 Å². The first-order chi connectivity index (χ1) is 15.5. The lowest BCUT2D eigenvalue weighted by atomic mass is 9.95. The van der Waals surface area contributed by atoms with Crippen LogP contribution < -0.4 is 0 Å². The number of carbonyl (C=O) groups excluding carboxylic acids is 1. The molecule has 0 fully saturated rings. The molecule has 3 aromatic carbocycles. The third-order valence-corrected chi connectivity index (χ3v) is 6.16. The number of nitrogens with zero attached hydrogens (tertiary/aromatic N) is 2. The summed E-state index contributed by atoms with van der Waals surface area (Å²) in [4.78, 5) is 15.3. The van der Waals surface area contributed by atoms with Crippen molar-refractivity contribution < 1.29 is 9.90 Å². The largest absolute Gasteiger partial charge is 0.507 e. The lowest BCUT2D eigenvalue weighted by Gasteiger charge is -2.26. The van der Waals surface area contributed by atoms with Crippen LogP contribution in [0.2, 0.25) is 5.02 Å². The molecule has 0 aliphatic carbocycles. The number of amides is 1. The molecule has 1 aliphatic rings. The van der Waals surface area contributed by atoms with E-state index in [0.29, 0.717) is 28.5 Å². The second-order valence-electron chi connectivity index (χ2n) is 8.07. The zero-order valence-electron chi connectivity index (χ0n) is 17.5. The minimum Gasteiger partial charge on any atom is -0.507 e. The maximum absolute atomic E-state index is 13.4. The van der Waals surface area contributed by atoms with Crippen molar-refractivity contribution in [3.8, 4) is 17.0 Å². The number of rotatable bonds is 5. The number of benzene rings is 3. The molecule has 2 N–H and O–H groups in total. The van der Waals surface area contributed by atoms with E-state index in [1.54, 1.807) is 6.07 Å². The second-order valence-corrected chi connectivity index (χ2v) is 8.51. The van der Waals surface area contributed by atoms with Crippen LogP contribution in [-0.4, -0.2) is 32.7 Å². The van der Waals surface area contributed by atoms with Gasteiger partial charge in [-0.1, -0.05) is 60.1 Å². The van der Waals surface area contributed by atoms with Crippen molar-refractivity contribution in [3.05, 3.63) is 106 Å². The van der Waals surface area contributed by atoms with Crippen LogP contribution in [-0.2, 0) is 6.42 Å². The number of fused-ring (bicyclic) bond motifs is 1. The van der Waals surface area contributed by atoms with E-state index in [0.717, 1.165) is 28.7 Å². The van der Waals surface area contributed by atoms with E-state index in [-0.39, 0.29) is 17.7 Å². The highest BCUT2D eigenvalue weighted by Gasteiger charge is 2.42. The first-order valence-corrected chi connectivity index (χ1v) is 10.9. The molecule has 0 bridgehead atoms. The molecule has 2 heterocycles. The van der Waals surface area contributed by atoms with E-state index >= 15 is 0 Å². The fourth-order valence-corrected chi connectivity index (χ4v) is 4.59. The first kappa shape index (κ1) is 20.3. The summed E-state index contributed by atoms with van der Waals surface area (Å²) in [5.74, 6) is 0.0330. The Morgan fingerprint density at radius 2 is 1.88 bits per heavy atom. The summed E-state index contributed by atoms with van der Waals surface area (Å²) in [5, 5.41) is 18.6. The molecule has 5 nitrogen and oxygen atoms in total. The van der Waals surface area contributed by atoms with Gasteiger partial charge in [0, 0.05) is 22.7 Å². The van der Waals surface area contributed by atoms with Gasteiger partial charge in [-0.15, -0.1) is 0 Å². The SMILES string of the molecule is Cc1ccc(-c2n[nH]c3c2C(c2cccc(Cl)c2)N(CCc2ccccc2)C3=O)c(O)c1. The zero-order chi connectivity index (χ0) is 22.2. The second kappa shape index (κ2) is 8.17. The predicted octanol–water partition coefficient (Wildman–Crippen LogP) is 5.53. The maximum Gasteiger partial charge on any atom is 0.273 e. The number of H-pyrrole nitrogens is 1. The van der Waals surface area contributed by atoms with Crippen molar-refractivity contribution in [3.63, 3.8) is 0 Å². The summed E-state index contributed by atoms with van der Waals surface area (Å²) in [6, 6.07) is 22.8. The smallest absolute Gasteiger partial charge is 0.273 e. The lowest BCUT2D eigenvalue weighted by molar-refractivity contribution is 0.0746. The van der Waals surface area contributed by atoms with Gasteiger partial charge in [-0.25, -0.2) is 0 Å². The van der Waals surface area contributed by atoms with Crippen LogP contribution in [0.5, 0.6) is 5.75 Å². The Morgan fingerprint density at radius 1 is 1.06 bits per heavy atom. The Hall–Kier alpha value is -3.57. The summed E-state index contributed by atoms with van der Waals surface area (Å²) >= 11 is 6.31. The highest BCUT2D eigenvalue weighted by atomic mass is 35.5. The van der Waals surface area contributed by atoms with Gasteiger partial charge in [-0.05, 0) is 54.3 Å². The number of hydrogen-bond donors (Lipinski definition) is 2. The molecule has 1 aromatic heterocycles. The Bertz CT molecular complexity index is 1300. The Balaban J connectivity index is 1.61. The average molecular weight is 444 g/mol. The average Bonchev–Trinajstić information content (AvgIpc) is 3.32. The molecular formula is C26H22ClN3O2. The molecule has 1 atom stereocenters. The van der Waals surface area contributed by atoms with Crippen LogP contribution in [0.15, 0.2) is 72.8 Å². The van der Waals surface area contributed by atoms with E-state index in [9.17, 15) is 9.90 Å². The number of aromatic hydroxyl groups is 1. The summed E-state index contributed by atoms with van der Waals surface area (Å²) in [5.41, 5.74) is 5.42. The van der Waals surface area contributed by atoms with E-state index in [2.05, 4.69) is 22.3 Å². The molecule has 1 unspecified atom stereocenters. The minimum absolute atomic E-state index is 0.105. The number of hydrogen-bond acceptors (Lipinski definition) is 3. The number of phenolic OH excluding ortho intramolecular Hbond substituents is 1. The summed E-state index contributed by atoms with van der Waals surface area (Å²) in [6.45, 7) is 2.46. The first-order valence-electron chi connectivity index (χ1n) is 10.5. The van der Waals surface area contributed by atoms with E-state index in [1.165, 1.54) is 0 Å². The number of halogens is 1. The molecule has 0 radical (unpaired) electrons. The number of aromatic nitrogens is 2. The molecule has 0 saturated heterocycles. The number of phenols is 1. The van der Waals surface area contributed by atoms with E-state index in [1.807, 2.05) is 66.4 Å². The number of nitrogens with one attached hydrogen (secondary N) is 1. The molecule has 160 valence electrons. The van der Waals surface area contributed by atoms with Crippen molar-refractivity contribution in [1.82, 2.24) is 15.1 Å². The molecule has 1 amide bonds. The van der Waals surface area contributed by atoms with Gasteiger partial charge in [0.25, 0.3) is 5.91 Å². The number of aromatic amines is 1. The van der Waals surface area contributed by atoms with Crippen molar-refractivity contribution in [2.45, 2.75) is 19.4 Å². The summed E-state index contributed by atoms with van der Waals surface area (Å²) in [7, 11) is 0. The highest BCUT2D eigenvalue weighted by Crippen LogP contribution is 2.44. The van der Waals surface area contributed by atoms with E-state index < -0.39 is 0 Å². The molecule has 0 spiro atoms. The number of aryl methyl sites for hydroxylation is 1. The van der Waals surface area contributed by atoms with Gasteiger partial charge in [-0.3, -0.25) is 9.89 Å². The molecule has 1 aliphatic heterocycles. The van der Waals surface area contributed by atoms with Gasteiger partial charge < -0.3 is 10.0 Å². The normalized spacial score (nSPS) is 15.2. The van der Waals surface area contributed by atoms with Gasteiger partial charge in [0.15, 0.2) is 0 Å². The van der Waals surface area contributed by atoms with Crippen molar-refractivity contribution in [2.24, 2.45) is 0 Å².